The van der Waals surface area contributed by atoms with Crippen molar-refractivity contribution in [2.45, 2.75) is 6.54 Å². The number of nitrogens with one attached hydrogen (secondary N) is 2. The van der Waals surface area contributed by atoms with Gasteiger partial charge in [0.2, 0.25) is 0 Å². The Kier molecular flexibility index (Phi) is 1.72. The Morgan fingerprint density at radius 2 is 2.17 bits per heavy atom. The first kappa shape index (κ1) is 7.18. The third-order valence-corrected chi connectivity index (χ3v) is 1.90. The average molecular weight is 161 g/mol. The van der Waals surface area contributed by atoms with Crippen LogP contribution in [0.1, 0.15) is 5.56 Å². The highest BCUT2D eigenvalue weighted by atomic mass is 15.1. The largest absolute Gasteiger partial charge is 0.326 e. The van der Waals surface area contributed by atoms with Gasteiger partial charge in [-0.05, 0) is 11.6 Å². The van der Waals surface area contributed by atoms with Crippen LogP contribution in [0.15, 0.2) is 30.5 Å². The van der Waals surface area contributed by atoms with Crippen molar-refractivity contribution in [1.82, 2.24) is 10.2 Å². The second kappa shape index (κ2) is 2.87. The van der Waals surface area contributed by atoms with Crippen LogP contribution in [0.25, 0.3) is 11.3 Å². The molecule has 0 unspecified atom stereocenters. The minimum Gasteiger partial charge on any atom is -0.326 e. The summed E-state index contributed by atoms with van der Waals surface area (Å²) in [5, 5.41) is 5.84. The van der Waals surface area contributed by atoms with Crippen LogP contribution < -0.4 is 5.73 Å². The zero-order valence-corrected chi connectivity index (χ0v) is 6.67. The van der Waals surface area contributed by atoms with Gasteiger partial charge in [-0.25, -0.2) is 0 Å². The van der Waals surface area contributed by atoms with Gasteiger partial charge in [0, 0.05) is 18.3 Å². The zero-order valence-electron chi connectivity index (χ0n) is 6.67. The molecule has 0 aliphatic rings. The van der Waals surface area contributed by atoms with Gasteiger partial charge in [0.15, 0.2) is 0 Å². The van der Waals surface area contributed by atoms with Crippen LogP contribution >= 0.6 is 0 Å². The van der Waals surface area contributed by atoms with Crippen molar-refractivity contribution in [3.05, 3.63) is 36.0 Å². The van der Waals surface area contributed by atoms with Crippen molar-refractivity contribution in [3.63, 3.8) is 0 Å². The van der Waals surface area contributed by atoms with Gasteiger partial charge in [0.25, 0.3) is 0 Å². The zero-order chi connectivity index (χ0) is 8.39. The molecule has 0 aliphatic heterocycles. The van der Waals surface area contributed by atoms with Crippen LogP contribution in [0.4, 0.5) is 0 Å². The molecule has 0 saturated heterocycles. The molecule has 0 fully saturated rings. The fourth-order valence-corrected chi connectivity index (χ4v) is 1.17. The van der Waals surface area contributed by atoms with E-state index >= 15 is 0 Å². The molecule has 4 N–H and O–H groups in total. The summed E-state index contributed by atoms with van der Waals surface area (Å²) in [6.45, 7) is 0.592. The Morgan fingerprint density at radius 1 is 1.33 bits per heavy atom. The average Bonchev–Trinajstić information content (AvgIpc) is 2.02. The quantitative estimate of drug-likeness (QED) is 0.613. The predicted octanol–water partition coefficient (Wildman–Crippen LogP) is 1.47. The maximum atomic E-state index is 5.52. The maximum absolute atomic E-state index is 5.52. The first-order chi connectivity index (χ1) is 5.90. The number of benzene rings is 1. The normalized spacial score (nSPS) is 10.4. The Hall–Kier alpha value is -1.48. The molecule has 0 spiro atoms. The van der Waals surface area contributed by atoms with Gasteiger partial charge in [-0.15, -0.1) is 0 Å². The summed E-state index contributed by atoms with van der Waals surface area (Å²) >= 11 is 0. The molecule has 3 heteroatoms. The van der Waals surface area contributed by atoms with E-state index in [1.165, 1.54) is 5.56 Å². The van der Waals surface area contributed by atoms with E-state index in [0.29, 0.717) is 6.54 Å². The molecule has 3 nitrogen and oxygen atoms in total. The van der Waals surface area contributed by atoms with Crippen molar-refractivity contribution in [3.8, 4) is 11.3 Å². The number of aromatic nitrogens is 2. The summed E-state index contributed by atoms with van der Waals surface area (Å²) in [7, 11) is 0. The summed E-state index contributed by atoms with van der Waals surface area (Å²) < 4.78 is 0. The number of rotatable bonds is 2. The van der Waals surface area contributed by atoms with Gasteiger partial charge < -0.3 is 10.8 Å². The lowest BCUT2D eigenvalue weighted by atomic mass is 10.1. The molecule has 1 heterocycles. The van der Waals surface area contributed by atoms with Crippen molar-refractivity contribution in [1.29, 1.82) is 0 Å². The molecule has 1 aromatic heterocycles. The summed E-state index contributed by atoms with van der Waals surface area (Å²) in [6, 6.07) is 8.17. The van der Waals surface area contributed by atoms with E-state index in [9.17, 15) is 0 Å². The Labute approximate surface area is 70.6 Å². The number of H-pyrrole nitrogens is 2. The van der Waals surface area contributed by atoms with Crippen molar-refractivity contribution in [2.75, 3.05) is 0 Å². The monoisotopic (exact) mass is 161 g/mol. The van der Waals surface area contributed by atoms with E-state index in [0.717, 1.165) is 11.3 Å². The predicted molar refractivity (Wildman–Crippen MR) is 48.5 cm³/mol. The van der Waals surface area contributed by atoms with Crippen molar-refractivity contribution >= 4 is 0 Å². The number of hydrogen-bond acceptors (Lipinski definition) is 1. The van der Waals surface area contributed by atoms with Gasteiger partial charge in [0.05, 0.1) is 5.69 Å². The van der Waals surface area contributed by atoms with Crippen LogP contribution in [-0.2, 0) is 6.54 Å². The lowest BCUT2D eigenvalue weighted by Gasteiger charge is -2.05. The first-order valence-corrected chi connectivity index (χ1v) is 3.91. The molecule has 62 valence electrons. The Bertz CT molecular complexity index is 350. The molecule has 0 amide bonds. The summed E-state index contributed by atoms with van der Waals surface area (Å²) in [5.41, 5.74) is 8.97. The first-order valence-electron chi connectivity index (χ1n) is 3.91. The van der Waals surface area contributed by atoms with E-state index in [1.807, 2.05) is 18.3 Å². The van der Waals surface area contributed by atoms with Gasteiger partial charge in [0.1, 0.15) is 0 Å². The molecule has 2 rings (SSSR count). The van der Waals surface area contributed by atoms with Crippen LogP contribution in [0, 0.1) is 0 Å². The van der Waals surface area contributed by atoms with Crippen LogP contribution in [0.5, 0.6) is 0 Å². The fourth-order valence-electron chi connectivity index (χ4n) is 1.17. The lowest BCUT2D eigenvalue weighted by molar-refractivity contribution is 0.972. The van der Waals surface area contributed by atoms with E-state index < -0.39 is 0 Å². The minimum absolute atomic E-state index is 0.592. The van der Waals surface area contributed by atoms with Crippen molar-refractivity contribution in [2.24, 2.45) is 5.73 Å². The highest BCUT2D eigenvalue weighted by molar-refractivity contribution is 5.59. The molecule has 0 atom stereocenters. The molecule has 0 saturated carbocycles. The second-order valence-electron chi connectivity index (χ2n) is 2.73. The third-order valence-electron chi connectivity index (χ3n) is 1.90. The number of nitrogens with two attached hydrogens (primary N) is 1. The smallest absolute Gasteiger partial charge is 0.0787 e. The van der Waals surface area contributed by atoms with E-state index in [2.05, 4.69) is 22.3 Å². The Morgan fingerprint density at radius 3 is 2.75 bits per heavy atom. The number of aromatic amines is 2. The SMILES string of the molecule is NCc1cccc(-c2c[nH][nH]2)c1. The third kappa shape index (κ3) is 1.14. The van der Waals surface area contributed by atoms with Crippen molar-refractivity contribution < 1.29 is 0 Å². The second-order valence-corrected chi connectivity index (χ2v) is 2.73. The molecule has 0 aliphatic carbocycles. The number of hydrogen-bond donors (Lipinski definition) is 3. The summed E-state index contributed by atoms with van der Waals surface area (Å²) in [5.74, 6) is 0. The minimum atomic E-state index is 0.592. The highest BCUT2D eigenvalue weighted by Gasteiger charge is 1.99. The summed E-state index contributed by atoms with van der Waals surface area (Å²) in [6.07, 6.45) is 1.93. The topological polar surface area (TPSA) is 57.6 Å². The van der Waals surface area contributed by atoms with E-state index in [4.69, 9.17) is 5.73 Å². The highest BCUT2D eigenvalue weighted by Crippen LogP contribution is 2.17. The lowest BCUT2D eigenvalue weighted by Crippen LogP contribution is -1.97. The standard InChI is InChI=1S/C9H11N3/c10-5-7-2-1-3-8(4-7)9-6-11-12-9/h1-4,6,11-12H,5,10H2. The van der Waals surface area contributed by atoms with Crippen LogP contribution in [-0.4, -0.2) is 10.2 Å². The van der Waals surface area contributed by atoms with Gasteiger partial charge in [-0.3, -0.25) is 5.10 Å². The van der Waals surface area contributed by atoms with Gasteiger partial charge in [-0.1, -0.05) is 18.2 Å². The molecule has 0 radical (unpaired) electrons. The fraction of sp³-hybridized carbons (Fsp3) is 0.111. The van der Waals surface area contributed by atoms with Gasteiger partial charge in [-0.2, -0.15) is 0 Å². The molecular formula is C9H11N3. The summed E-state index contributed by atoms with van der Waals surface area (Å²) in [4.78, 5) is 0. The Balaban J connectivity index is 2.37. The molecule has 0 bridgehead atoms. The molecular weight excluding hydrogens is 150 g/mol. The molecule has 2 aromatic rings. The van der Waals surface area contributed by atoms with Gasteiger partial charge >= 0.3 is 0 Å². The van der Waals surface area contributed by atoms with E-state index in [-0.39, 0.29) is 0 Å². The van der Waals surface area contributed by atoms with Crippen LogP contribution in [0.2, 0.25) is 0 Å². The van der Waals surface area contributed by atoms with Crippen LogP contribution in [0.3, 0.4) is 0 Å². The molecule has 1 aromatic carbocycles. The van der Waals surface area contributed by atoms with E-state index in [1.54, 1.807) is 0 Å². The maximum Gasteiger partial charge on any atom is 0.0787 e. The molecule has 12 heavy (non-hydrogen) atoms.